The lowest BCUT2D eigenvalue weighted by molar-refractivity contribution is -0.385. The van der Waals surface area contributed by atoms with Gasteiger partial charge in [0.05, 0.1) is 31.2 Å². The van der Waals surface area contributed by atoms with Crippen LogP contribution in [0.1, 0.15) is 5.56 Å². The molecule has 0 unspecified atom stereocenters. The highest BCUT2D eigenvalue weighted by Gasteiger charge is 2.17. The zero-order chi connectivity index (χ0) is 15.6. The molecule has 21 heavy (non-hydrogen) atoms. The van der Waals surface area contributed by atoms with Gasteiger partial charge < -0.3 is 5.32 Å². The maximum absolute atomic E-state index is 13.1. The monoisotopic (exact) mass is 348 g/mol. The van der Waals surface area contributed by atoms with Crippen molar-refractivity contribution in [1.82, 2.24) is 0 Å². The van der Waals surface area contributed by atoms with Gasteiger partial charge in [-0.2, -0.15) is 0 Å². The first-order chi connectivity index (χ1) is 9.90. The summed E-state index contributed by atoms with van der Waals surface area (Å²) in [6.07, 6.45) is 0. The van der Waals surface area contributed by atoms with Crippen LogP contribution < -0.4 is 5.32 Å². The minimum Gasteiger partial charge on any atom is -0.378 e. The van der Waals surface area contributed by atoms with E-state index < -0.39 is 10.7 Å². The van der Waals surface area contributed by atoms with Crippen molar-refractivity contribution < 1.29 is 9.31 Å². The van der Waals surface area contributed by atoms with Crippen molar-refractivity contribution in [2.45, 2.75) is 6.54 Å². The summed E-state index contributed by atoms with van der Waals surface area (Å²) in [7, 11) is 0. The van der Waals surface area contributed by atoms with Crippen LogP contribution in [-0.2, 0) is 6.54 Å². The van der Waals surface area contributed by atoms with Gasteiger partial charge >= 0.3 is 0 Å². The number of anilines is 1. The summed E-state index contributed by atoms with van der Waals surface area (Å²) in [6, 6.07) is 6.56. The molecule has 2 aromatic carbocycles. The highest BCUT2D eigenvalue weighted by molar-refractivity contribution is 6.39. The topological polar surface area (TPSA) is 55.2 Å². The molecule has 0 heterocycles. The van der Waals surface area contributed by atoms with E-state index in [9.17, 15) is 14.5 Å². The van der Waals surface area contributed by atoms with Crippen molar-refractivity contribution in [2.24, 2.45) is 0 Å². The van der Waals surface area contributed by atoms with Crippen LogP contribution in [0.15, 0.2) is 30.3 Å². The van der Waals surface area contributed by atoms with Gasteiger partial charge in [0.15, 0.2) is 0 Å². The molecular formula is C13H8Cl3FN2O2. The smallest absolute Gasteiger partial charge is 0.275 e. The molecule has 0 fully saturated rings. The zero-order valence-corrected chi connectivity index (χ0v) is 12.6. The second-order valence-electron chi connectivity index (χ2n) is 4.09. The molecule has 110 valence electrons. The Hall–Kier alpha value is -1.56. The minimum absolute atomic E-state index is 0.0288. The molecule has 1 N–H and O–H groups in total. The summed E-state index contributed by atoms with van der Waals surface area (Å²) in [5.74, 6) is -0.570. The molecule has 0 atom stereocenters. The number of nitro groups is 1. The number of halogens is 4. The Balaban J connectivity index is 2.31. The van der Waals surface area contributed by atoms with Gasteiger partial charge in [-0.1, -0.05) is 40.9 Å². The molecule has 0 saturated carbocycles. The molecule has 0 radical (unpaired) electrons. The van der Waals surface area contributed by atoms with Crippen molar-refractivity contribution in [1.29, 1.82) is 0 Å². The molecule has 2 rings (SSSR count). The number of nitrogens with one attached hydrogen (secondary N) is 1. The van der Waals surface area contributed by atoms with Crippen molar-refractivity contribution >= 4 is 46.2 Å². The highest BCUT2D eigenvalue weighted by atomic mass is 35.5. The summed E-state index contributed by atoms with van der Waals surface area (Å²) in [5.41, 5.74) is 0.457. The quantitative estimate of drug-likeness (QED) is 0.601. The van der Waals surface area contributed by atoms with E-state index >= 15 is 0 Å². The average Bonchev–Trinajstić information content (AvgIpc) is 2.38. The summed E-state index contributed by atoms with van der Waals surface area (Å²) >= 11 is 17.8. The van der Waals surface area contributed by atoms with Crippen LogP contribution in [0.25, 0.3) is 0 Å². The first-order valence-electron chi connectivity index (χ1n) is 5.70. The standard InChI is InChI=1S/C13H8Cl3FN2O2/c14-9-2-1-3-12(19(20)21)8(9)6-18-13-10(15)4-7(17)5-11(13)16/h1-5,18H,6H2. The van der Waals surface area contributed by atoms with Gasteiger partial charge in [-0.3, -0.25) is 10.1 Å². The Morgan fingerprint density at radius 2 is 1.76 bits per heavy atom. The first-order valence-corrected chi connectivity index (χ1v) is 6.83. The summed E-state index contributed by atoms with van der Waals surface area (Å²) < 4.78 is 13.1. The molecule has 4 nitrogen and oxygen atoms in total. The van der Waals surface area contributed by atoms with Crippen molar-refractivity contribution in [3.8, 4) is 0 Å². The maximum atomic E-state index is 13.1. The van der Waals surface area contributed by atoms with E-state index in [2.05, 4.69) is 5.32 Å². The van der Waals surface area contributed by atoms with Crippen LogP contribution in [-0.4, -0.2) is 4.92 Å². The fourth-order valence-electron chi connectivity index (χ4n) is 1.78. The van der Waals surface area contributed by atoms with Gasteiger partial charge in [-0.15, -0.1) is 0 Å². The Kier molecular flexibility index (Phi) is 4.88. The summed E-state index contributed by atoms with van der Waals surface area (Å²) in [4.78, 5) is 10.5. The number of nitro benzene ring substituents is 1. The molecule has 0 aliphatic rings. The molecule has 0 spiro atoms. The SMILES string of the molecule is O=[N+]([O-])c1cccc(Cl)c1CNc1c(Cl)cc(F)cc1Cl. The van der Waals surface area contributed by atoms with Crippen LogP contribution in [0.3, 0.4) is 0 Å². The molecule has 0 saturated heterocycles. The summed E-state index contributed by atoms with van der Waals surface area (Å²) in [6.45, 7) is 0.0288. The van der Waals surface area contributed by atoms with E-state index in [1.54, 1.807) is 6.07 Å². The highest BCUT2D eigenvalue weighted by Crippen LogP contribution is 2.33. The molecule has 8 heteroatoms. The largest absolute Gasteiger partial charge is 0.378 e. The molecule has 0 amide bonds. The third-order valence-corrected chi connectivity index (χ3v) is 3.69. The lowest BCUT2D eigenvalue weighted by Gasteiger charge is -2.12. The van der Waals surface area contributed by atoms with Crippen LogP contribution in [0.2, 0.25) is 15.1 Å². The number of hydrogen-bond donors (Lipinski definition) is 1. The Labute approximate surface area is 134 Å². The van der Waals surface area contributed by atoms with E-state index in [4.69, 9.17) is 34.8 Å². The van der Waals surface area contributed by atoms with E-state index in [0.717, 1.165) is 12.1 Å². The molecule has 0 bridgehead atoms. The normalized spacial score (nSPS) is 10.5. The zero-order valence-electron chi connectivity index (χ0n) is 10.4. The lowest BCUT2D eigenvalue weighted by atomic mass is 10.1. The van der Waals surface area contributed by atoms with Gasteiger partial charge in [0, 0.05) is 12.6 Å². The lowest BCUT2D eigenvalue weighted by Crippen LogP contribution is -2.05. The Morgan fingerprint density at radius 3 is 2.33 bits per heavy atom. The second-order valence-corrected chi connectivity index (χ2v) is 5.31. The second kappa shape index (κ2) is 6.47. The molecule has 0 aliphatic carbocycles. The number of rotatable bonds is 4. The fraction of sp³-hybridized carbons (Fsp3) is 0.0769. The van der Waals surface area contributed by atoms with Crippen molar-refractivity contribution in [2.75, 3.05) is 5.32 Å². The van der Waals surface area contributed by atoms with Gasteiger partial charge in [0.25, 0.3) is 5.69 Å². The van der Waals surface area contributed by atoms with Crippen LogP contribution in [0.5, 0.6) is 0 Å². The molecule has 2 aromatic rings. The molecule has 0 aliphatic heterocycles. The van der Waals surface area contributed by atoms with Crippen molar-refractivity contribution in [3.05, 3.63) is 66.9 Å². The first kappa shape index (κ1) is 15.8. The molecular weight excluding hydrogens is 342 g/mol. The van der Waals surface area contributed by atoms with E-state index in [0.29, 0.717) is 5.56 Å². The van der Waals surface area contributed by atoms with Gasteiger partial charge in [0.1, 0.15) is 5.82 Å². The van der Waals surface area contributed by atoms with E-state index in [-0.39, 0.29) is 33.0 Å². The van der Waals surface area contributed by atoms with Crippen LogP contribution >= 0.6 is 34.8 Å². The van der Waals surface area contributed by atoms with E-state index in [1.165, 1.54) is 12.1 Å². The van der Waals surface area contributed by atoms with Gasteiger partial charge in [0.2, 0.25) is 0 Å². The summed E-state index contributed by atoms with van der Waals surface area (Å²) in [5, 5.41) is 14.2. The van der Waals surface area contributed by atoms with Gasteiger partial charge in [-0.25, -0.2) is 4.39 Å². The predicted molar refractivity (Wildman–Crippen MR) is 81.9 cm³/mol. The maximum Gasteiger partial charge on any atom is 0.275 e. The average molecular weight is 350 g/mol. The number of hydrogen-bond acceptors (Lipinski definition) is 3. The Morgan fingerprint density at radius 1 is 1.14 bits per heavy atom. The predicted octanol–water partition coefficient (Wildman–Crippen LogP) is 5.31. The van der Waals surface area contributed by atoms with Gasteiger partial charge in [-0.05, 0) is 18.2 Å². The minimum atomic E-state index is -0.570. The number of nitrogens with zero attached hydrogens (tertiary/aromatic N) is 1. The third kappa shape index (κ3) is 3.56. The fourth-order valence-corrected chi connectivity index (χ4v) is 2.61. The van der Waals surface area contributed by atoms with Crippen LogP contribution in [0, 0.1) is 15.9 Å². The number of benzene rings is 2. The van der Waals surface area contributed by atoms with E-state index in [1.807, 2.05) is 0 Å². The van der Waals surface area contributed by atoms with Crippen LogP contribution in [0.4, 0.5) is 15.8 Å². The van der Waals surface area contributed by atoms with Crippen molar-refractivity contribution in [3.63, 3.8) is 0 Å². The Bertz CT molecular complexity index is 687. The molecule has 0 aromatic heterocycles. The third-order valence-electron chi connectivity index (χ3n) is 2.74.